The second-order valence-electron chi connectivity index (χ2n) is 4.82. The van der Waals surface area contributed by atoms with Crippen molar-refractivity contribution in [3.05, 3.63) is 0 Å². The van der Waals surface area contributed by atoms with E-state index in [4.69, 9.17) is 5.26 Å². The number of hydrogen-bond donors (Lipinski definition) is 0. The second-order valence-corrected chi connectivity index (χ2v) is 4.82. The van der Waals surface area contributed by atoms with Crippen LogP contribution in [0.2, 0.25) is 0 Å². The Morgan fingerprint density at radius 1 is 1.43 bits per heavy atom. The highest BCUT2D eigenvalue weighted by molar-refractivity contribution is 5.04. The van der Waals surface area contributed by atoms with Crippen LogP contribution >= 0.6 is 0 Å². The van der Waals surface area contributed by atoms with Crippen molar-refractivity contribution in [3.8, 4) is 6.07 Å². The molecule has 0 aromatic heterocycles. The molecule has 0 bridgehead atoms. The zero-order valence-electron chi connectivity index (χ0n) is 9.71. The Hall–Kier alpha value is -0.550. The molecule has 1 atom stereocenters. The third-order valence-corrected chi connectivity index (χ3v) is 3.54. The molecule has 0 spiro atoms. The topological polar surface area (TPSA) is 27.0 Å². The predicted molar refractivity (Wildman–Crippen MR) is 58.9 cm³/mol. The van der Waals surface area contributed by atoms with Gasteiger partial charge in [-0.1, -0.05) is 19.8 Å². The molecular formula is C12H22N2. The average Bonchev–Trinajstić information content (AvgIpc) is 2.42. The first kappa shape index (κ1) is 11.5. The van der Waals surface area contributed by atoms with Crippen LogP contribution in [0.4, 0.5) is 0 Å². The van der Waals surface area contributed by atoms with E-state index in [0.29, 0.717) is 0 Å². The molecule has 0 amide bonds. The van der Waals surface area contributed by atoms with Gasteiger partial charge in [-0.15, -0.1) is 0 Å². The number of nitrogens with zero attached hydrogens (tertiary/aromatic N) is 2. The molecule has 0 N–H and O–H groups in total. The van der Waals surface area contributed by atoms with Gasteiger partial charge in [-0.05, 0) is 33.2 Å². The summed E-state index contributed by atoms with van der Waals surface area (Å²) >= 11 is 0. The van der Waals surface area contributed by atoms with E-state index in [1.54, 1.807) is 0 Å². The molecule has 1 rings (SSSR count). The lowest BCUT2D eigenvalue weighted by molar-refractivity contribution is 0.153. The lowest BCUT2D eigenvalue weighted by Gasteiger charge is -2.33. The summed E-state index contributed by atoms with van der Waals surface area (Å²) in [5.41, 5.74) is 0.0997. The summed E-state index contributed by atoms with van der Waals surface area (Å²) in [6, 6.07) is 2.43. The van der Waals surface area contributed by atoms with Crippen molar-refractivity contribution in [3.63, 3.8) is 0 Å². The Kier molecular flexibility index (Phi) is 3.95. The van der Waals surface area contributed by atoms with Gasteiger partial charge in [0.2, 0.25) is 0 Å². The molecule has 14 heavy (non-hydrogen) atoms. The molecule has 1 unspecified atom stereocenters. The highest BCUT2D eigenvalue weighted by atomic mass is 15.2. The van der Waals surface area contributed by atoms with Gasteiger partial charge in [0.25, 0.3) is 0 Å². The first-order chi connectivity index (χ1) is 6.62. The Labute approximate surface area is 87.9 Å². The van der Waals surface area contributed by atoms with Crippen LogP contribution in [0.3, 0.4) is 0 Å². The van der Waals surface area contributed by atoms with Gasteiger partial charge in [-0.2, -0.15) is 5.26 Å². The van der Waals surface area contributed by atoms with Gasteiger partial charge >= 0.3 is 0 Å². The minimum atomic E-state index is 0.0997. The summed E-state index contributed by atoms with van der Waals surface area (Å²) < 4.78 is 0. The van der Waals surface area contributed by atoms with Crippen molar-refractivity contribution in [1.82, 2.24) is 4.90 Å². The zero-order chi connectivity index (χ0) is 10.6. The van der Waals surface area contributed by atoms with Crippen molar-refractivity contribution < 1.29 is 0 Å². The summed E-state index contributed by atoms with van der Waals surface area (Å²) in [4.78, 5) is 2.48. The van der Waals surface area contributed by atoms with Crippen molar-refractivity contribution in [1.29, 1.82) is 5.26 Å². The fourth-order valence-corrected chi connectivity index (χ4v) is 2.32. The van der Waals surface area contributed by atoms with E-state index in [2.05, 4.69) is 31.7 Å². The Bertz CT molecular complexity index is 215. The molecular weight excluding hydrogens is 172 g/mol. The molecule has 0 aliphatic carbocycles. The van der Waals surface area contributed by atoms with Crippen molar-refractivity contribution in [2.75, 3.05) is 13.1 Å². The summed E-state index contributed by atoms with van der Waals surface area (Å²) in [5, 5.41) is 9.01. The number of rotatable bonds is 4. The molecule has 1 aliphatic heterocycles. The van der Waals surface area contributed by atoms with Crippen LogP contribution in [0.1, 0.15) is 46.5 Å². The van der Waals surface area contributed by atoms with E-state index in [1.165, 1.54) is 25.8 Å². The largest absolute Gasteiger partial charge is 0.297 e. The summed E-state index contributed by atoms with van der Waals surface area (Å²) in [7, 11) is 0. The number of unbranched alkanes of at least 4 members (excludes halogenated alkanes) is 2. The quantitative estimate of drug-likeness (QED) is 0.643. The first-order valence-corrected chi connectivity index (χ1v) is 5.77. The van der Waals surface area contributed by atoms with E-state index in [0.717, 1.165) is 13.0 Å². The predicted octanol–water partition coefficient (Wildman–Crippen LogP) is 2.80. The highest BCUT2D eigenvalue weighted by Gasteiger charge is 2.40. The van der Waals surface area contributed by atoms with Crippen molar-refractivity contribution >= 4 is 0 Å². The highest BCUT2D eigenvalue weighted by Crippen LogP contribution is 2.33. The normalized spacial score (nSPS) is 26.3. The van der Waals surface area contributed by atoms with Crippen LogP contribution in [0.15, 0.2) is 0 Å². The van der Waals surface area contributed by atoms with E-state index >= 15 is 0 Å². The monoisotopic (exact) mass is 194 g/mol. The molecule has 1 saturated heterocycles. The molecule has 0 aromatic carbocycles. The zero-order valence-corrected chi connectivity index (χ0v) is 9.71. The molecule has 0 radical (unpaired) electrons. The SMILES string of the molecule is CCCCCN1CCC(C#N)C1(C)C. The van der Waals surface area contributed by atoms with Crippen LogP contribution in [0.5, 0.6) is 0 Å². The van der Waals surface area contributed by atoms with Gasteiger partial charge in [-0.25, -0.2) is 0 Å². The van der Waals surface area contributed by atoms with E-state index in [1.807, 2.05) is 0 Å². The fraction of sp³-hybridized carbons (Fsp3) is 0.917. The maximum atomic E-state index is 9.01. The van der Waals surface area contributed by atoms with Gasteiger partial charge < -0.3 is 0 Å². The summed E-state index contributed by atoms with van der Waals surface area (Å²) in [6.45, 7) is 8.92. The fourth-order valence-electron chi connectivity index (χ4n) is 2.32. The molecule has 2 heteroatoms. The molecule has 1 fully saturated rings. The van der Waals surface area contributed by atoms with Crippen LogP contribution in [-0.2, 0) is 0 Å². The third kappa shape index (κ3) is 2.27. The summed E-state index contributed by atoms with van der Waals surface area (Å²) in [6.07, 6.45) is 4.91. The van der Waals surface area contributed by atoms with Gasteiger partial charge in [0.1, 0.15) is 0 Å². The van der Waals surface area contributed by atoms with E-state index in [9.17, 15) is 0 Å². The van der Waals surface area contributed by atoms with Crippen LogP contribution in [0, 0.1) is 17.2 Å². The minimum Gasteiger partial charge on any atom is -0.297 e. The average molecular weight is 194 g/mol. The van der Waals surface area contributed by atoms with Gasteiger partial charge in [0.05, 0.1) is 12.0 Å². The van der Waals surface area contributed by atoms with Crippen molar-refractivity contribution in [2.24, 2.45) is 5.92 Å². The minimum absolute atomic E-state index is 0.0997. The maximum Gasteiger partial charge on any atom is 0.0675 e. The molecule has 0 saturated carbocycles. The molecule has 2 nitrogen and oxygen atoms in total. The Balaban J connectivity index is 2.44. The van der Waals surface area contributed by atoms with E-state index < -0.39 is 0 Å². The van der Waals surface area contributed by atoms with Gasteiger partial charge in [-0.3, -0.25) is 4.90 Å². The lowest BCUT2D eigenvalue weighted by Crippen LogP contribution is -2.42. The standard InChI is InChI=1S/C12H22N2/c1-4-5-6-8-14-9-7-11(10-13)12(14,2)3/h11H,4-9H2,1-3H3. The van der Waals surface area contributed by atoms with Crippen molar-refractivity contribution in [2.45, 2.75) is 52.0 Å². The van der Waals surface area contributed by atoms with Crippen LogP contribution in [-0.4, -0.2) is 23.5 Å². The molecule has 1 aliphatic rings. The second kappa shape index (κ2) is 4.79. The molecule has 1 heterocycles. The van der Waals surface area contributed by atoms with Gasteiger partial charge in [0.15, 0.2) is 0 Å². The molecule has 80 valence electrons. The van der Waals surface area contributed by atoms with E-state index in [-0.39, 0.29) is 11.5 Å². The van der Waals surface area contributed by atoms with Gasteiger partial charge in [0, 0.05) is 12.1 Å². The number of nitriles is 1. The number of hydrogen-bond acceptors (Lipinski definition) is 2. The maximum absolute atomic E-state index is 9.01. The lowest BCUT2D eigenvalue weighted by atomic mass is 9.90. The first-order valence-electron chi connectivity index (χ1n) is 5.77. The Morgan fingerprint density at radius 3 is 2.64 bits per heavy atom. The Morgan fingerprint density at radius 2 is 2.14 bits per heavy atom. The number of likely N-dealkylation sites (tertiary alicyclic amines) is 1. The van der Waals surface area contributed by atoms with Crippen LogP contribution < -0.4 is 0 Å². The third-order valence-electron chi connectivity index (χ3n) is 3.54. The smallest absolute Gasteiger partial charge is 0.0675 e. The molecule has 0 aromatic rings. The summed E-state index contributed by atoms with van der Waals surface area (Å²) in [5.74, 6) is 0.226. The van der Waals surface area contributed by atoms with Crippen LogP contribution in [0.25, 0.3) is 0 Å².